The first-order valence-electron chi connectivity index (χ1n) is 9.05. The topological polar surface area (TPSA) is 78.8 Å². The van der Waals surface area contributed by atoms with Crippen molar-refractivity contribution in [2.45, 2.75) is 33.1 Å². The minimum Gasteiger partial charge on any atom is -0.337 e. The van der Waals surface area contributed by atoms with Gasteiger partial charge in [0.05, 0.1) is 11.4 Å². The lowest BCUT2D eigenvalue weighted by Crippen LogP contribution is -2.44. The summed E-state index contributed by atoms with van der Waals surface area (Å²) in [7, 11) is 1.92. The maximum atomic E-state index is 12.8. The lowest BCUT2D eigenvalue weighted by Gasteiger charge is -2.38. The second-order valence-corrected chi connectivity index (χ2v) is 7.56. The summed E-state index contributed by atoms with van der Waals surface area (Å²) < 4.78 is 1.85. The number of likely N-dealkylation sites (tertiary alicyclic amines) is 1. The molecule has 4 rings (SSSR count). The number of nitrogens with zero attached hydrogens (tertiary/aromatic N) is 4. The van der Waals surface area contributed by atoms with Crippen LogP contribution in [0.1, 0.15) is 41.1 Å². The Morgan fingerprint density at radius 3 is 2.60 bits per heavy atom. The fourth-order valence-corrected chi connectivity index (χ4v) is 4.28. The average molecular weight is 342 g/mol. The number of aromatic amines is 1. The molecule has 4 heterocycles. The van der Waals surface area contributed by atoms with E-state index in [1.807, 2.05) is 36.5 Å². The van der Waals surface area contributed by atoms with Crippen molar-refractivity contribution in [1.29, 1.82) is 0 Å². The van der Waals surface area contributed by atoms with Gasteiger partial charge in [-0.2, -0.15) is 10.2 Å². The van der Waals surface area contributed by atoms with Gasteiger partial charge in [-0.1, -0.05) is 0 Å². The highest BCUT2D eigenvalue weighted by Gasteiger charge is 2.38. The lowest BCUT2D eigenvalue weighted by molar-refractivity contribution is 0.0602. The number of nitrogens with one attached hydrogen (secondary N) is 2. The van der Waals surface area contributed by atoms with Crippen LogP contribution >= 0.6 is 0 Å². The number of amides is 1. The molecule has 2 fully saturated rings. The molecule has 0 atom stereocenters. The maximum Gasteiger partial charge on any atom is 0.271 e. The number of H-pyrrole nitrogens is 1. The van der Waals surface area contributed by atoms with Crippen molar-refractivity contribution in [2.24, 2.45) is 12.5 Å². The van der Waals surface area contributed by atoms with Crippen LogP contribution in [-0.2, 0) is 7.05 Å². The van der Waals surface area contributed by atoms with Gasteiger partial charge in [0.25, 0.3) is 5.91 Å². The minimum absolute atomic E-state index is 0.0544. The summed E-state index contributed by atoms with van der Waals surface area (Å²) >= 11 is 0. The van der Waals surface area contributed by atoms with Crippen LogP contribution in [0, 0.1) is 19.3 Å². The molecule has 0 saturated carbocycles. The Bertz CT molecular complexity index is 789. The lowest BCUT2D eigenvalue weighted by atomic mass is 9.78. The Morgan fingerprint density at radius 2 is 2.00 bits per heavy atom. The summed E-state index contributed by atoms with van der Waals surface area (Å²) in [5, 5.41) is 15.2. The molecule has 0 radical (unpaired) electrons. The van der Waals surface area contributed by atoms with Gasteiger partial charge in [-0.3, -0.25) is 14.6 Å². The number of piperidine rings is 1. The fourth-order valence-electron chi connectivity index (χ4n) is 4.28. The van der Waals surface area contributed by atoms with Gasteiger partial charge in [-0.25, -0.2) is 0 Å². The van der Waals surface area contributed by atoms with Crippen LogP contribution in [0.15, 0.2) is 6.07 Å². The number of rotatable bonds is 2. The predicted octanol–water partition coefficient (Wildman–Crippen LogP) is 1.64. The molecule has 134 valence electrons. The van der Waals surface area contributed by atoms with Crippen molar-refractivity contribution in [3.05, 3.63) is 23.1 Å². The highest BCUT2D eigenvalue weighted by atomic mass is 16.2. The van der Waals surface area contributed by atoms with Gasteiger partial charge in [-0.15, -0.1) is 0 Å². The molecule has 2 aliphatic rings. The molecule has 2 aliphatic heterocycles. The number of hydrogen-bond donors (Lipinski definition) is 2. The Kier molecular flexibility index (Phi) is 3.91. The molecule has 2 N–H and O–H groups in total. The van der Waals surface area contributed by atoms with Crippen molar-refractivity contribution in [2.75, 3.05) is 26.2 Å². The molecular weight excluding hydrogens is 316 g/mol. The van der Waals surface area contributed by atoms with Crippen LogP contribution in [0.3, 0.4) is 0 Å². The zero-order valence-electron chi connectivity index (χ0n) is 15.2. The highest BCUT2D eigenvalue weighted by molar-refractivity contribution is 5.93. The third kappa shape index (κ3) is 2.76. The van der Waals surface area contributed by atoms with Crippen molar-refractivity contribution in [1.82, 2.24) is 30.2 Å². The van der Waals surface area contributed by atoms with E-state index in [1.165, 1.54) is 6.42 Å². The van der Waals surface area contributed by atoms with Crippen molar-refractivity contribution >= 4 is 5.91 Å². The van der Waals surface area contributed by atoms with Crippen molar-refractivity contribution in [3.8, 4) is 11.3 Å². The number of carbonyl (C=O) groups excluding carboxylic acids is 1. The second kappa shape index (κ2) is 5.98. The van der Waals surface area contributed by atoms with E-state index in [-0.39, 0.29) is 5.91 Å². The molecule has 0 aromatic carbocycles. The van der Waals surface area contributed by atoms with E-state index >= 15 is 0 Å². The highest BCUT2D eigenvalue weighted by Crippen LogP contribution is 2.37. The number of aryl methyl sites for hydroxylation is 2. The summed E-state index contributed by atoms with van der Waals surface area (Å²) in [5.41, 5.74) is 4.76. The summed E-state index contributed by atoms with van der Waals surface area (Å²) in [6, 6.07) is 1.86. The SMILES string of the molecule is Cc1nn(C)c(C)c1-c1cc(C(=O)N2CCC3(CCNC3)CC2)[nH]n1. The quantitative estimate of drug-likeness (QED) is 0.870. The van der Waals surface area contributed by atoms with E-state index in [2.05, 4.69) is 20.6 Å². The van der Waals surface area contributed by atoms with Gasteiger partial charge < -0.3 is 10.2 Å². The van der Waals surface area contributed by atoms with Crippen molar-refractivity contribution < 1.29 is 4.79 Å². The van der Waals surface area contributed by atoms with Gasteiger partial charge in [0, 0.05) is 37.9 Å². The molecule has 7 nitrogen and oxygen atoms in total. The fraction of sp³-hybridized carbons (Fsp3) is 0.611. The van der Waals surface area contributed by atoms with E-state index in [0.717, 1.165) is 61.7 Å². The first-order valence-corrected chi connectivity index (χ1v) is 9.05. The van der Waals surface area contributed by atoms with E-state index in [9.17, 15) is 4.79 Å². The normalized spacial score (nSPS) is 19.7. The number of hydrogen-bond acceptors (Lipinski definition) is 4. The Labute approximate surface area is 147 Å². The number of carbonyl (C=O) groups is 1. The summed E-state index contributed by atoms with van der Waals surface area (Å²) in [6.45, 7) is 7.87. The Hall–Kier alpha value is -2.15. The standard InChI is InChI=1S/C18H26N6O/c1-12-16(13(2)23(3)22-12)14-10-15(21-20-14)17(25)24-8-5-18(6-9-24)4-7-19-11-18/h10,19H,4-9,11H2,1-3H3,(H,20,21). The molecule has 2 aromatic heterocycles. The maximum absolute atomic E-state index is 12.8. The van der Waals surface area contributed by atoms with E-state index < -0.39 is 0 Å². The Balaban J connectivity index is 1.50. The number of aromatic nitrogens is 4. The van der Waals surface area contributed by atoms with Crippen LogP contribution < -0.4 is 5.32 Å². The van der Waals surface area contributed by atoms with Crippen LogP contribution in [0.4, 0.5) is 0 Å². The minimum atomic E-state index is 0.0544. The molecule has 2 saturated heterocycles. The monoisotopic (exact) mass is 342 g/mol. The summed E-state index contributed by atoms with van der Waals surface area (Å²) in [5.74, 6) is 0.0544. The molecule has 0 aliphatic carbocycles. The molecule has 7 heteroatoms. The Morgan fingerprint density at radius 1 is 1.24 bits per heavy atom. The van der Waals surface area contributed by atoms with E-state index in [4.69, 9.17) is 0 Å². The van der Waals surface area contributed by atoms with Gasteiger partial charge >= 0.3 is 0 Å². The molecule has 0 unspecified atom stereocenters. The largest absolute Gasteiger partial charge is 0.337 e. The zero-order valence-corrected chi connectivity index (χ0v) is 15.2. The molecular formula is C18H26N6O. The average Bonchev–Trinajstić information content (AvgIpc) is 3.30. The predicted molar refractivity (Wildman–Crippen MR) is 95.3 cm³/mol. The van der Waals surface area contributed by atoms with Crippen LogP contribution in [0.2, 0.25) is 0 Å². The first kappa shape index (κ1) is 16.3. The molecule has 1 spiro atoms. The molecule has 2 aromatic rings. The third-order valence-corrected chi connectivity index (χ3v) is 6.02. The van der Waals surface area contributed by atoms with Crippen LogP contribution in [0.5, 0.6) is 0 Å². The van der Waals surface area contributed by atoms with E-state index in [1.54, 1.807) is 0 Å². The van der Waals surface area contributed by atoms with Gasteiger partial charge in [0.2, 0.25) is 0 Å². The smallest absolute Gasteiger partial charge is 0.271 e. The van der Waals surface area contributed by atoms with E-state index in [0.29, 0.717) is 11.1 Å². The molecule has 25 heavy (non-hydrogen) atoms. The summed E-state index contributed by atoms with van der Waals surface area (Å²) in [6.07, 6.45) is 3.42. The van der Waals surface area contributed by atoms with Crippen molar-refractivity contribution in [3.63, 3.8) is 0 Å². The molecule has 0 bridgehead atoms. The molecule has 1 amide bonds. The summed E-state index contributed by atoms with van der Waals surface area (Å²) in [4.78, 5) is 14.8. The first-order chi connectivity index (χ1) is 12.0. The van der Waals surface area contributed by atoms with Gasteiger partial charge in [0.1, 0.15) is 5.69 Å². The van der Waals surface area contributed by atoms with Gasteiger partial charge in [0.15, 0.2) is 0 Å². The van der Waals surface area contributed by atoms with Crippen LogP contribution in [-0.4, -0.2) is 57.0 Å². The third-order valence-electron chi connectivity index (χ3n) is 6.02. The van der Waals surface area contributed by atoms with Crippen LogP contribution in [0.25, 0.3) is 11.3 Å². The zero-order chi connectivity index (χ0) is 17.6. The second-order valence-electron chi connectivity index (χ2n) is 7.56. The van der Waals surface area contributed by atoms with Gasteiger partial charge in [-0.05, 0) is 51.1 Å².